The molecule has 1 N–H and O–H groups in total. The first-order valence-electron chi connectivity index (χ1n) is 5.61. The molecule has 0 saturated heterocycles. The van der Waals surface area contributed by atoms with Crippen LogP contribution in [0.25, 0.3) is 0 Å². The summed E-state index contributed by atoms with van der Waals surface area (Å²) < 4.78 is 6.57. The Hall–Kier alpha value is -1.06. The zero-order valence-electron chi connectivity index (χ0n) is 10.3. The second-order valence-corrected chi connectivity index (χ2v) is 5.01. The highest BCUT2D eigenvalue weighted by Crippen LogP contribution is 2.32. The molecule has 0 aliphatic heterocycles. The van der Waals surface area contributed by atoms with Crippen LogP contribution in [0.15, 0.2) is 39.4 Å². The van der Waals surface area contributed by atoms with Gasteiger partial charge in [0.1, 0.15) is 5.76 Å². The van der Waals surface area contributed by atoms with E-state index in [4.69, 9.17) is 4.42 Å². The summed E-state index contributed by atoms with van der Waals surface area (Å²) in [5.41, 5.74) is 3.82. The molecule has 0 radical (unpaired) electrons. The lowest BCUT2D eigenvalue weighted by Crippen LogP contribution is -2.19. The van der Waals surface area contributed by atoms with E-state index in [0.717, 1.165) is 10.2 Å². The van der Waals surface area contributed by atoms with Gasteiger partial charge in [-0.3, -0.25) is 0 Å². The van der Waals surface area contributed by atoms with Crippen molar-refractivity contribution in [3.63, 3.8) is 0 Å². The van der Waals surface area contributed by atoms with E-state index >= 15 is 0 Å². The van der Waals surface area contributed by atoms with Crippen LogP contribution >= 0.6 is 15.9 Å². The first-order chi connectivity index (χ1) is 8.15. The van der Waals surface area contributed by atoms with Gasteiger partial charge in [-0.05, 0) is 59.6 Å². The van der Waals surface area contributed by atoms with Gasteiger partial charge in [0.2, 0.25) is 0 Å². The van der Waals surface area contributed by atoms with Crippen LogP contribution in [0.1, 0.15) is 28.5 Å². The lowest BCUT2D eigenvalue weighted by Gasteiger charge is -2.19. The van der Waals surface area contributed by atoms with Crippen molar-refractivity contribution in [2.75, 3.05) is 7.05 Å². The molecule has 2 rings (SSSR count). The SMILES string of the molecule is CNC(c1occc1Br)c1c(C)cccc1C. The number of hydrogen-bond acceptors (Lipinski definition) is 2. The molecule has 1 unspecified atom stereocenters. The fourth-order valence-electron chi connectivity index (χ4n) is 2.20. The van der Waals surface area contributed by atoms with Crippen LogP contribution in [-0.2, 0) is 0 Å². The number of halogens is 1. The minimum atomic E-state index is 0.0839. The summed E-state index contributed by atoms with van der Waals surface area (Å²) in [4.78, 5) is 0. The van der Waals surface area contributed by atoms with Gasteiger partial charge >= 0.3 is 0 Å². The fraction of sp³-hybridized carbons (Fsp3) is 0.286. The predicted molar refractivity (Wildman–Crippen MR) is 73.2 cm³/mol. The summed E-state index contributed by atoms with van der Waals surface area (Å²) in [7, 11) is 1.95. The maximum atomic E-state index is 5.57. The average molecular weight is 294 g/mol. The van der Waals surface area contributed by atoms with E-state index in [1.54, 1.807) is 6.26 Å². The van der Waals surface area contributed by atoms with E-state index in [1.165, 1.54) is 16.7 Å². The van der Waals surface area contributed by atoms with Crippen LogP contribution in [-0.4, -0.2) is 7.05 Å². The molecule has 0 amide bonds. The van der Waals surface area contributed by atoms with Gasteiger partial charge in [0, 0.05) is 0 Å². The fourth-order valence-corrected chi connectivity index (χ4v) is 2.63. The van der Waals surface area contributed by atoms with E-state index in [9.17, 15) is 0 Å². The average Bonchev–Trinajstić information content (AvgIpc) is 2.70. The normalized spacial score (nSPS) is 12.7. The molecule has 1 aromatic carbocycles. The Morgan fingerprint density at radius 2 is 1.82 bits per heavy atom. The highest BCUT2D eigenvalue weighted by atomic mass is 79.9. The van der Waals surface area contributed by atoms with Crippen molar-refractivity contribution in [1.29, 1.82) is 0 Å². The van der Waals surface area contributed by atoms with Crippen LogP contribution in [0.4, 0.5) is 0 Å². The van der Waals surface area contributed by atoms with Crippen LogP contribution in [0.3, 0.4) is 0 Å². The monoisotopic (exact) mass is 293 g/mol. The van der Waals surface area contributed by atoms with Crippen molar-refractivity contribution >= 4 is 15.9 Å². The minimum absolute atomic E-state index is 0.0839. The number of nitrogens with one attached hydrogen (secondary N) is 1. The molecule has 2 aromatic rings. The zero-order chi connectivity index (χ0) is 12.4. The lowest BCUT2D eigenvalue weighted by molar-refractivity contribution is 0.459. The van der Waals surface area contributed by atoms with Gasteiger partial charge < -0.3 is 9.73 Å². The number of furan rings is 1. The standard InChI is InChI=1S/C14H16BrNO/c1-9-5-4-6-10(2)12(9)13(16-3)14-11(15)7-8-17-14/h4-8,13,16H,1-3H3. The first kappa shape index (κ1) is 12.4. The Bertz CT molecular complexity index is 498. The Morgan fingerprint density at radius 3 is 2.29 bits per heavy atom. The molecular formula is C14H16BrNO. The Morgan fingerprint density at radius 1 is 1.18 bits per heavy atom. The van der Waals surface area contributed by atoms with Gasteiger partial charge in [0.25, 0.3) is 0 Å². The van der Waals surface area contributed by atoms with Crippen LogP contribution in [0, 0.1) is 13.8 Å². The molecule has 1 atom stereocenters. The van der Waals surface area contributed by atoms with Crippen molar-refractivity contribution < 1.29 is 4.42 Å². The summed E-state index contributed by atoms with van der Waals surface area (Å²) in [5, 5.41) is 3.32. The highest BCUT2D eigenvalue weighted by Gasteiger charge is 2.21. The van der Waals surface area contributed by atoms with Gasteiger partial charge in [-0.2, -0.15) is 0 Å². The summed E-state index contributed by atoms with van der Waals surface area (Å²) in [6, 6.07) is 8.35. The molecule has 90 valence electrons. The third-order valence-corrected chi connectivity index (χ3v) is 3.68. The second kappa shape index (κ2) is 5.07. The molecule has 17 heavy (non-hydrogen) atoms. The topological polar surface area (TPSA) is 25.2 Å². The quantitative estimate of drug-likeness (QED) is 0.926. The summed E-state index contributed by atoms with van der Waals surface area (Å²) in [6.45, 7) is 4.26. The van der Waals surface area contributed by atoms with Gasteiger partial charge in [-0.25, -0.2) is 0 Å². The maximum absolute atomic E-state index is 5.57. The van der Waals surface area contributed by atoms with Crippen LogP contribution < -0.4 is 5.32 Å². The van der Waals surface area contributed by atoms with Crippen molar-refractivity contribution in [2.45, 2.75) is 19.9 Å². The van der Waals surface area contributed by atoms with Gasteiger partial charge in [0.05, 0.1) is 16.8 Å². The second-order valence-electron chi connectivity index (χ2n) is 4.16. The van der Waals surface area contributed by atoms with E-state index < -0.39 is 0 Å². The van der Waals surface area contributed by atoms with Crippen molar-refractivity contribution in [1.82, 2.24) is 5.32 Å². The van der Waals surface area contributed by atoms with Crippen molar-refractivity contribution in [3.05, 3.63) is 57.5 Å². The third kappa shape index (κ3) is 2.31. The van der Waals surface area contributed by atoms with E-state index in [2.05, 4.69) is 53.3 Å². The third-order valence-electron chi connectivity index (χ3n) is 3.03. The summed E-state index contributed by atoms with van der Waals surface area (Å²) in [6.07, 6.45) is 1.71. The summed E-state index contributed by atoms with van der Waals surface area (Å²) in [5.74, 6) is 0.921. The molecule has 1 heterocycles. The van der Waals surface area contributed by atoms with Gasteiger partial charge in [0.15, 0.2) is 0 Å². The molecular weight excluding hydrogens is 278 g/mol. The molecule has 3 heteroatoms. The molecule has 0 saturated carbocycles. The zero-order valence-corrected chi connectivity index (χ0v) is 11.8. The Labute approximate surface area is 110 Å². The van der Waals surface area contributed by atoms with E-state index in [0.29, 0.717) is 0 Å². The van der Waals surface area contributed by atoms with Crippen molar-refractivity contribution in [2.24, 2.45) is 0 Å². The Balaban J connectivity index is 2.53. The lowest BCUT2D eigenvalue weighted by atomic mass is 9.95. The Kier molecular flexibility index (Phi) is 3.69. The minimum Gasteiger partial charge on any atom is -0.466 e. The summed E-state index contributed by atoms with van der Waals surface area (Å²) >= 11 is 3.52. The van der Waals surface area contributed by atoms with Crippen molar-refractivity contribution in [3.8, 4) is 0 Å². The number of rotatable bonds is 3. The highest BCUT2D eigenvalue weighted by molar-refractivity contribution is 9.10. The molecule has 1 aromatic heterocycles. The molecule has 0 aliphatic carbocycles. The predicted octanol–water partition coefficient (Wildman–Crippen LogP) is 3.97. The molecule has 0 bridgehead atoms. The van der Waals surface area contributed by atoms with Gasteiger partial charge in [-0.1, -0.05) is 18.2 Å². The molecule has 0 fully saturated rings. The number of benzene rings is 1. The number of aryl methyl sites for hydroxylation is 2. The van der Waals surface area contributed by atoms with E-state index in [-0.39, 0.29) is 6.04 Å². The van der Waals surface area contributed by atoms with Crippen LogP contribution in [0.2, 0.25) is 0 Å². The first-order valence-corrected chi connectivity index (χ1v) is 6.40. The molecule has 0 aliphatic rings. The van der Waals surface area contributed by atoms with E-state index in [1.807, 2.05) is 13.1 Å². The largest absolute Gasteiger partial charge is 0.466 e. The van der Waals surface area contributed by atoms with Gasteiger partial charge in [-0.15, -0.1) is 0 Å². The maximum Gasteiger partial charge on any atom is 0.139 e. The smallest absolute Gasteiger partial charge is 0.139 e. The number of hydrogen-bond donors (Lipinski definition) is 1. The molecule has 2 nitrogen and oxygen atoms in total. The molecule has 0 spiro atoms. The van der Waals surface area contributed by atoms with Crippen LogP contribution in [0.5, 0.6) is 0 Å².